The van der Waals surface area contributed by atoms with E-state index >= 15 is 0 Å². The number of aliphatic hydroxyl groups is 2. The maximum absolute atomic E-state index is 12.4. The molecule has 4 heteroatoms. The Hall–Kier alpha value is -0.870. The third kappa shape index (κ3) is 42.1. The fourth-order valence-corrected chi connectivity index (χ4v) is 7.77. The molecule has 0 saturated heterocycles. The van der Waals surface area contributed by atoms with Crippen LogP contribution in [0.15, 0.2) is 12.2 Å². The van der Waals surface area contributed by atoms with Gasteiger partial charge >= 0.3 is 0 Å². The molecule has 3 N–H and O–H groups in total. The average Bonchev–Trinajstić information content (AvgIpc) is 3.16. The number of hydrogen-bond donors (Lipinski definition) is 3. The molecule has 316 valence electrons. The molecule has 4 nitrogen and oxygen atoms in total. The van der Waals surface area contributed by atoms with Crippen molar-refractivity contribution in [1.82, 2.24) is 5.32 Å². The van der Waals surface area contributed by atoms with Crippen LogP contribution < -0.4 is 5.32 Å². The van der Waals surface area contributed by atoms with Gasteiger partial charge in [0.05, 0.1) is 18.8 Å². The van der Waals surface area contributed by atoms with Gasteiger partial charge in [-0.3, -0.25) is 4.79 Å². The van der Waals surface area contributed by atoms with Crippen LogP contribution in [0.5, 0.6) is 0 Å². The van der Waals surface area contributed by atoms with Gasteiger partial charge in [0, 0.05) is 6.42 Å². The number of hydrogen-bond acceptors (Lipinski definition) is 3. The second kappa shape index (κ2) is 45.5. The van der Waals surface area contributed by atoms with Gasteiger partial charge in [0.25, 0.3) is 0 Å². The molecule has 0 aliphatic carbocycles. The van der Waals surface area contributed by atoms with Gasteiger partial charge in [-0.2, -0.15) is 0 Å². The monoisotopic (exact) mass is 748 g/mol. The third-order valence-electron chi connectivity index (χ3n) is 11.5. The van der Waals surface area contributed by atoms with Crippen molar-refractivity contribution >= 4 is 5.91 Å². The average molecular weight is 748 g/mol. The molecule has 0 aliphatic heterocycles. The summed E-state index contributed by atoms with van der Waals surface area (Å²) in [6, 6.07) is -0.531. The number of aliphatic hydroxyl groups excluding tert-OH is 2. The van der Waals surface area contributed by atoms with Crippen LogP contribution in [0.25, 0.3) is 0 Å². The largest absolute Gasteiger partial charge is 0.394 e. The molecule has 0 spiro atoms. The lowest BCUT2D eigenvalue weighted by Crippen LogP contribution is -2.45. The zero-order chi connectivity index (χ0) is 38.6. The number of rotatable bonds is 45. The van der Waals surface area contributed by atoms with Gasteiger partial charge in [-0.1, -0.05) is 244 Å². The van der Waals surface area contributed by atoms with Crippen LogP contribution in [-0.4, -0.2) is 34.9 Å². The second-order valence-electron chi connectivity index (χ2n) is 16.9. The summed E-state index contributed by atoms with van der Waals surface area (Å²) in [6.07, 6.45) is 57.5. The first kappa shape index (κ1) is 52.1. The maximum Gasteiger partial charge on any atom is 0.220 e. The van der Waals surface area contributed by atoms with Crippen LogP contribution in [0.2, 0.25) is 0 Å². The van der Waals surface area contributed by atoms with Crippen molar-refractivity contribution in [2.24, 2.45) is 0 Å². The Morgan fingerprint density at radius 2 is 0.717 bits per heavy atom. The molecule has 0 fully saturated rings. The second-order valence-corrected chi connectivity index (χ2v) is 16.9. The molecule has 0 aromatic rings. The molecular formula is C49H97NO3. The van der Waals surface area contributed by atoms with E-state index in [0.717, 1.165) is 25.7 Å². The number of carbonyl (C=O) groups excluding carboxylic acids is 1. The molecule has 0 aliphatic rings. The minimum Gasteiger partial charge on any atom is -0.394 e. The minimum atomic E-state index is -0.654. The molecule has 53 heavy (non-hydrogen) atoms. The standard InChI is InChI=1S/C49H97NO3/c1-3-5-7-9-11-13-15-17-18-19-20-21-22-23-24-25-26-27-28-29-30-31-32-33-35-37-39-41-43-45-49(53)50-47(46-51)48(52)44-42-40-38-36-34-16-14-12-10-8-6-4-2/h19-20,47-48,51-52H,3-18,21-46H2,1-2H3,(H,50,53)/b20-19-. The summed E-state index contributed by atoms with van der Waals surface area (Å²) in [5.74, 6) is -0.0273. The summed E-state index contributed by atoms with van der Waals surface area (Å²) in [7, 11) is 0. The maximum atomic E-state index is 12.4. The predicted octanol–water partition coefficient (Wildman–Crippen LogP) is 15.4. The van der Waals surface area contributed by atoms with Gasteiger partial charge in [-0.25, -0.2) is 0 Å². The van der Waals surface area contributed by atoms with Gasteiger partial charge in [0.2, 0.25) is 5.91 Å². The van der Waals surface area contributed by atoms with E-state index < -0.39 is 12.1 Å². The lowest BCUT2D eigenvalue weighted by atomic mass is 10.0. The van der Waals surface area contributed by atoms with E-state index in [1.807, 2.05) is 0 Å². The summed E-state index contributed by atoms with van der Waals surface area (Å²) >= 11 is 0. The first-order valence-electron chi connectivity index (χ1n) is 24.4. The highest BCUT2D eigenvalue weighted by Gasteiger charge is 2.20. The van der Waals surface area contributed by atoms with Crippen LogP contribution >= 0.6 is 0 Å². The summed E-state index contributed by atoms with van der Waals surface area (Å²) in [4.78, 5) is 12.4. The number of nitrogens with one attached hydrogen (secondary N) is 1. The topological polar surface area (TPSA) is 69.6 Å². The van der Waals surface area contributed by atoms with Gasteiger partial charge < -0.3 is 15.5 Å². The Bertz CT molecular complexity index is 725. The van der Waals surface area contributed by atoms with Crippen LogP contribution in [0.3, 0.4) is 0 Å². The molecule has 2 unspecified atom stereocenters. The van der Waals surface area contributed by atoms with Gasteiger partial charge in [0.15, 0.2) is 0 Å². The Labute approximate surface area is 333 Å². The van der Waals surface area contributed by atoms with Gasteiger partial charge in [0.1, 0.15) is 0 Å². The SMILES string of the molecule is CCCCCCCCCC/C=C\CCCCCCCCCCCCCCCCCCCC(=O)NC(CO)C(O)CCCCCCCCCCCCCC. The highest BCUT2D eigenvalue weighted by atomic mass is 16.3. The summed E-state index contributed by atoms with van der Waals surface area (Å²) in [5, 5.41) is 23.2. The molecule has 2 atom stereocenters. The first-order chi connectivity index (χ1) is 26.2. The van der Waals surface area contributed by atoms with Crippen molar-refractivity contribution in [2.75, 3.05) is 6.61 Å². The molecule has 0 aromatic heterocycles. The highest BCUT2D eigenvalue weighted by Crippen LogP contribution is 2.17. The molecular weight excluding hydrogens is 651 g/mol. The number of allylic oxidation sites excluding steroid dienone is 2. The van der Waals surface area contributed by atoms with Crippen LogP contribution in [0.1, 0.15) is 277 Å². The third-order valence-corrected chi connectivity index (χ3v) is 11.5. The predicted molar refractivity (Wildman–Crippen MR) is 235 cm³/mol. The zero-order valence-corrected chi connectivity index (χ0v) is 36.3. The number of unbranched alkanes of at least 4 members (excludes halogenated alkanes) is 36. The molecule has 0 heterocycles. The van der Waals surface area contributed by atoms with E-state index in [1.165, 1.54) is 225 Å². The molecule has 0 radical (unpaired) electrons. The summed E-state index contributed by atoms with van der Waals surface area (Å²) < 4.78 is 0. The van der Waals surface area contributed by atoms with Gasteiger partial charge in [-0.15, -0.1) is 0 Å². The Kier molecular flexibility index (Phi) is 44.8. The molecule has 0 aromatic carbocycles. The van der Waals surface area contributed by atoms with Crippen molar-refractivity contribution in [2.45, 2.75) is 289 Å². The quantitative estimate of drug-likeness (QED) is 0.0429. The van der Waals surface area contributed by atoms with E-state index in [4.69, 9.17) is 0 Å². The van der Waals surface area contributed by atoms with Gasteiger partial charge in [-0.05, 0) is 38.5 Å². The van der Waals surface area contributed by atoms with Crippen molar-refractivity contribution in [1.29, 1.82) is 0 Å². The van der Waals surface area contributed by atoms with E-state index in [2.05, 4.69) is 31.3 Å². The Morgan fingerprint density at radius 1 is 0.434 bits per heavy atom. The van der Waals surface area contributed by atoms with Crippen LogP contribution in [0, 0.1) is 0 Å². The Balaban J connectivity index is 3.40. The normalized spacial score (nSPS) is 12.9. The van der Waals surface area contributed by atoms with Crippen molar-refractivity contribution in [3.63, 3.8) is 0 Å². The minimum absolute atomic E-state index is 0.0273. The fraction of sp³-hybridized carbons (Fsp3) is 0.939. The van der Waals surface area contributed by atoms with E-state index in [0.29, 0.717) is 12.8 Å². The highest BCUT2D eigenvalue weighted by molar-refractivity contribution is 5.76. The molecule has 0 bridgehead atoms. The van der Waals surface area contributed by atoms with E-state index in [-0.39, 0.29) is 12.5 Å². The lowest BCUT2D eigenvalue weighted by molar-refractivity contribution is -0.123. The summed E-state index contributed by atoms with van der Waals surface area (Å²) in [5.41, 5.74) is 0. The fourth-order valence-electron chi connectivity index (χ4n) is 7.77. The van der Waals surface area contributed by atoms with E-state index in [1.54, 1.807) is 0 Å². The summed E-state index contributed by atoms with van der Waals surface area (Å²) in [6.45, 7) is 4.37. The number of amides is 1. The smallest absolute Gasteiger partial charge is 0.220 e. The van der Waals surface area contributed by atoms with E-state index in [9.17, 15) is 15.0 Å². The van der Waals surface area contributed by atoms with Crippen LogP contribution in [-0.2, 0) is 4.79 Å². The van der Waals surface area contributed by atoms with Crippen molar-refractivity contribution in [3.05, 3.63) is 12.2 Å². The lowest BCUT2D eigenvalue weighted by Gasteiger charge is -2.22. The molecule has 0 saturated carbocycles. The van der Waals surface area contributed by atoms with Crippen LogP contribution in [0.4, 0.5) is 0 Å². The molecule has 0 rings (SSSR count). The Morgan fingerprint density at radius 3 is 1.04 bits per heavy atom. The van der Waals surface area contributed by atoms with Crippen molar-refractivity contribution in [3.8, 4) is 0 Å². The zero-order valence-electron chi connectivity index (χ0n) is 36.3. The first-order valence-corrected chi connectivity index (χ1v) is 24.4. The molecule has 1 amide bonds. The number of carbonyl (C=O) groups is 1. The van der Waals surface area contributed by atoms with Crippen molar-refractivity contribution < 1.29 is 15.0 Å².